The van der Waals surface area contributed by atoms with Gasteiger partial charge in [0.1, 0.15) is 6.04 Å². The molecule has 3 N–H and O–H groups in total. The molecule has 1 aromatic heterocycles. The highest BCUT2D eigenvalue weighted by molar-refractivity contribution is 5.98. The van der Waals surface area contributed by atoms with Gasteiger partial charge in [0.2, 0.25) is 0 Å². The second-order valence-electron chi connectivity index (χ2n) is 6.55. The number of carbonyl (C=O) groups excluding carboxylic acids is 4. The molecule has 0 bridgehead atoms. The van der Waals surface area contributed by atoms with Gasteiger partial charge in [0, 0.05) is 6.04 Å². The van der Waals surface area contributed by atoms with Crippen molar-refractivity contribution in [3.63, 3.8) is 0 Å². The highest BCUT2D eigenvalue weighted by Gasteiger charge is 2.25. The smallest absolute Gasteiger partial charge is 0.329 e. The van der Waals surface area contributed by atoms with Crippen LogP contribution >= 0.6 is 0 Å². The first-order valence-electron chi connectivity index (χ1n) is 9.03. The molecule has 9 heteroatoms. The molecule has 1 saturated carbocycles. The van der Waals surface area contributed by atoms with Gasteiger partial charge in [-0.1, -0.05) is 19.3 Å². The molecule has 0 spiro atoms. The molecule has 2 rings (SSSR count). The minimum Gasteiger partial charge on any atom is -0.459 e. The molecule has 1 aromatic rings. The van der Waals surface area contributed by atoms with Crippen LogP contribution in [0.5, 0.6) is 0 Å². The Labute approximate surface area is 157 Å². The molecule has 2 atom stereocenters. The van der Waals surface area contributed by atoms with E-state index in [4.69, 9.17) is 9.15 Å². The molecule has 1 heterocycles. The van der Waals surface area contributed by atoms with Crippen LogP contribution in [0, 0.1) is 0 Å². The number of imide groups is 1. The van der Waals surface area contributed by atoms with Gasteiger partial charge < -0.3 is 19.8 Å². The molecule has 0 radical (unpaired) electrons. The maximum atomic E-state index is 12.0. The van der Waals surface area contributed by atoms with E-state index in [0.29, 0.717) is 0 Å². The Morgan fingerprint density at radius 2 is 1.85 bits per heavy atom. The number of carbonyl (C=O) groups is 4. The molecule has 0 aromatic carbocycles. The molecule has 0 unspecified atom stereocenters. The average Bonchev–Trinajstić information content (AvgIpc) is 3.17. The largest absolute Gasteiger partial charge is 0.459 e. The standard InChI is InChI=1S/C18H25N3O6/c1-11(19-16(23)14-9-6-10-26-14)17(24)27-12(2)15(22)21-18(25)20-13-7-4-3-5-8-13/h6,9-13H,3-5,7-8H2,1-2H3,(H,19,23)(H2,20,21,22,25)/t11-,12+/m0/s1. The number of hydrogen-bond donors (Lipinski definition) is 3. The van der Waals surface area contributed by atoms with Crippen molar-refractivity contribution in [3.8, 4) is 0 Å². The number of furan rings is 1. The minimum atomic E-state index is -1.18. The third-order valence-corrected chi connectivity index (χ3v) is 4.29. The molecule has 1 aliphatic rings. The molecule has 1 fully saturated rings. The second kappa shape index (κ2) is 9.75. The van der Waals surface area contributed by atoms with E-state index in [0.717, 1.165) is 32.1 Å². The lowest BCUT2D eigenvalue weighted by Gasteiger charge is -2.23. The van der Waals surface area contributed by atoms with Crippen molar-refractivity contribution < 1.29 is 28.3 Å². The first-order valence-corrected chi connectivity index (χ1v) is 9.03. The molecular weight excluding hydrogens is 354 g/mol. The van der Waals surface area contributed by atoms with Crippen molar-refractivity contribution in [1.82, 2.24) is 16.0 Å². The summed E-state index contributed by atoms with van der Waals surface area (Å²) in [5.41, 5.74) is 0. The van der Waals surface area contributed by atoms with Gasteiger partial charge in [-0.25, -0.2) is 9.59 Å². The first-order chi connectivity index (χ1) is 12.9. The molecule has 0 aliphatic heterocycles. The fourth-order valence-electron chi connectivity index (χ4n) is 2.75. The quantitative estimate of drug-likeness (QED) is 0.643. The van der Waals surface area contributed by atoms with Crippen LogP contribution in [0.2, 0.25) is 0 Å². The maximum Gasteiger partial charge on any atom is 0.329 e. The number of hydrogen-bond acceptors (Lipinski definition) is 6. The van der Waals surface area contributed by atoms with Crippen molar-refractivity contribution in [2.45, 2.75) is 64.1 Å². The van der Waals surface area contributed by atoms with Crippen molar-refractivity contribution in [2.75, 3.05) is 0 Å². The number of nitrogens with one attached hydrogen (secondary N) is 3. The Kier molecular flexibility index (Phi) is 7.39. The Morgan fingerprint density at radius 3 is 2.48 bits per heavy atom. The highest BCUT2D eigenvalue weighted by Crippen LogP contribution is 2.17. The van der Waals surface area contributed by atoms with Crippen LogP contribution in [0.15, 0.2) is 22.8 Å². The minimum absolute atomic E-state index is 0.0554. The van der Waals surface area contributed by atoms with E-state index in [1.54, 1.807) is 6.07 Å². The molecule has 9 nitrogen and oxygen atoms in total. The Balaban J connectivity index is 1.74. The van der Waals surface area contributed by atoms with Crippen LogP contribution in [0.4, 0.5) is 4.79 Å². The van der Waals surface area contributed by atoms with Gasteiger partial charge in [0.25, 0.3) is 11.8 Å². The summed E-state index contributed by atoms with van der Waals surface area (Å²) in [7, 11) is 0. The van der Waals surface area contributed by atoms with Crippen LogP contribution in [-0.4, -0.2) is 42.0 Å². The van der Waals surface area contributed by atoms with E-state index in [2.05, 4.69) is 16.0 Å². The van der Waals surface area contributed by atoms with Crippen molar-refractivity contribution in [3.05, 3.63) is 24.2 Å². The van der Waals surface area contributed by atoms with E-state index in [1.165, 1.54) is 26.2 Å². The van der Waals surface area contributed by atoms with Crippen LogP contribution < -0.4 is 16.0 Å². The summed E-state index contributed by atoms with van der Waals surface area (Å²) in [6.45, 7) is 2.77. The van der Waals surface area contributed by atoms with Crippen LogP contribution in [-0.2, 0) is 14.3 Å². The van der Waals surface area contributed by atoms with E-state index in [-0.39, 0.29) is 11.8 Å². The predicted molar refractivity (Wildman–Crippen MR) is 94.7 cm³/mol. The number of ether oxygens (including phenoxy) is 1. The lowest BCUT2D eigenvalue weighted by molar-refractivity contribution is -0.155. The van der Waals surface area contributed by atoms with E-state index < -0.39 is 36.0 Å². The van der Waals surface area contributed by atoms with Gasteiger partial charge in [0.05, 0.1) is 6.26 Å². The SMILES string of the molecule is C[C@H](NC(=O)c1ccco1)C(=O)O[C@H](C)C(=O)NC(=O)NC1CCCCC1. The highest BCUT2D eigenvalue weighted by atomic mass is 16.5. The monoisotopic (exact) mass is 379 g/mol. The summed E-state index contributed by atoms with van der Waals surface area (Å²) in [5.74, 6) is -2.06. The molecule has 4 amide bonds. The Bertz CT molecular complexity index is 667. The topological polar surface area (TPSA) is 127 Å². The molecule has 1 aliphatic carbocycles. The van der Waals surface area contributed by atoms with Gasteiger partial charge >= 0.3 is 12.0 Å². The van der Waals surface area contributed by atoms with Gasteiger partial charge in [-0.05, 0) is 38.8 Å². The number of amides is 4. The van der Waals surface area contributed by atoms with Crippen molar-refractivity contribution in [2.24, 2.45) is 0 Å². The summed E-state index contributed by atoms with van der Waals surface area (Å²) in [5, 5.41) is 7.31. The van der Waals surface area contributed by atoms with Crippen molar-refractivity contribution in [1.29, 1.82) is 0 Å². The lowest BCUT2D eigenvalue weighted by atomic mass is 9.96. The zero-order chi connectivity index (χ0) is 19.8. The van der Waals surface area contributed by atoms with Crippen LogP contribution in [0.25, 0.3) is 0 Å². The molecular formula is C18H25N3O6. The van der Waals surface area contributed by atoms with Crippen LogP contribution in [0.3, 0.4) is 0 Å². The van der Waals surface area contributed by atoms with Crippen LogP contribution in [0.1, 0.15) is 56.5 Å². The third kappa shape index (κ3) is 6.43. The Morgan fingerprint density at radius 1 is 1.15 bits per heavy atom. The zero-order valence-corrected chi connectivity index (χ0v) is 15.4. The van der Waals surface area contributed by atoms with Gasteiger partial charge in [0.15, 0.2) is 11.9 Å². The summed E-state index contributed by atoms with van der Waals surface area (Å²) in [4.78, 5) is 47.7. The van der Waals surface area contributed by atoms with Gasteiger partial charge in [-0.2, -0.15) is 0 Å². The number of urea groups is 1. The average molecular weight is 379 g/mol. The van der Waals surface area contributed by atoms with E-state index >= 15 is 0 Å². The van der Waals surface area contributed by atoms with Gasteiger partial charge in [-0.3, -0.25) is 14.9 Å². The predicted octanol–water partition coefficient (Wildman–Crippen LogP) is 1.49. The number of rotatable bonds is 6. The second-order valence-corrected chi connectivity index (χ2v) is 6.55. The maximum absolute atomic E-state index is 12.0. The fourth-order valence-corrected chi connectivity index (χ4v) is 2.75. The molecule has 0 saturated heterocycles. The Hall–Kier alpha value is -2.84. The first kappa shape index (κ1) is 20.5. The van der Waals surface area contributed by atoms with Gasteiger partial charge in [-0.15, -0.1) is 0 Å². The number of esters is 1. The summed E-state index contributed by atoms with van der Waals surface area (Å²) >= 11 is 0. The third-order valence-electron chi connectivity index (χ3n) is 4.29. The summed E-state index contributed by atoms with van der Waals surface area (Å²) in [6, 6.07) is 1.46. The fraction of sp³-hybridized carbons (Fsp3) is 0.556. The zero-order valence-electron chi connectivity index (χ0n) is 15.4. The van der Waals surface area contributed by atoms with E-state index in [1.807, 2.05) is 0 Å². The van der Waals surface area contributed by atoms with Crippen molar-refractivity contribution >= 4 is 23.8 Å². The van der Waals surface area contributed by atoms with E-state index in [9.17, 15) is 19.2 Å². The molecule has 148 valence electrons. The molecule has 27 heavy (non-hydrogen) atoms. The lowest BCUT2D eigenvalue weighted by Crippen LogP contribution is -2.49. The normalized spacial score (nSPS) is 16.7. The summed E-state index contributed by atoms with van der Waals surface area (Å²) < 4.78 is 9.94. The summed E-state index contributed by atoms with van der Waals surface area (Å²) in [6.07, 6.45) is 5.18.